The van der Waals surface area contributed by atoms with Gasteiger partial charge in [0.25, 0.3) is 0 Å². The van der Waals surface area contributed by atoms with Crippen molar-refractivity contribution in [3.8, 4) is 0 Å². The Kier molecular flexibility index (Phi) is 50.4. The predicted octanol–water partition coefficient (Wildman–Crippen LogP) is 0.230. The van der Waals surface area contributed by atoms with E-state index in [0.717, 1.165) is 14.2 Å². The molecule has 0 saturated heterocycles. The van der Waals surface area contributed by atoms with Crippen LogP contribution in [0.25, 0.3) is 0 Å². The van der Waals surface area contributed by atoms with Crippen LogP contribution in [-0.4, -0.2) is 14.2 Å². The third-order valence-electron chi connectivity index (χ3n) is 0.577. The zero-order valence-electron chi connectivity index (χ0n) is 7.30. The summed E-state index contributed by atoms with van der Waals surface area (Å²) in [5, 5.41) is 16.5. The van der Waals surface area contributed by atoms with Crippen molar-refractivity contribution < 1.29 is 29.4 Å². The molecule has 0 radical (unpaired) electrons. The second-order valence-electron chi connectivity index (χ2n) is 1.24. The van der Waals surface area contributed by atoms with E-state index in [0.29, 0.717) is 0 Å². The Morgan fingerprint density at radius 3 is 1.45 bits per heavy atom. The molecule has 0 spiro atoms. The van der Waals surface area contributed by atoms with Gasteiger partial charge in [-0.2, -0.15) is 14.2 Å². The smallest absolute Gasteiger partial charge is 0.153 e. The molecule has 0 unspecified atom stereocenters. The maximum atomic E-state index is 8.25. The van der Waals surface area contributed by atoms with Crippen LogP contribution in [0, 0.1) is 0 Å². The largest absolute Gasteiger partial charge is 0.857 e. The van der Waals surface area contributed by atoms with Crippen molar-refractivity contribution in [1.29, 1.82) is 0 Å². The number of allylic oxidation sites excluding steroid dienone is 2. The molecule has 0 heterocycles. The van der Waals surface area contributed by atoms with Crippen molar-refractivity contribution in [3.05, 3.63) is 25.3 Å². The van der Waals surface area contributed by atoms with E-state index in [4.69, 9.17) is 10.2 Å². The van der Waals surface area contributed by atoms with Crippen molar-refractivity contribution in [2.45, 2.75) is 9.45 Å². The summed E-state index contributed by atoms with van der Waals surface area (Å²) in [6.45, 7) is 7.26. The maximum absolute atomic E-state index is 8.25. The number of rotatable bonds is 4. The van der Waals surface area contributed by atoms with Crippen LogP contribution in [0.5, 0.6) is 0 Å². The minimum atomic E-state index is 0.278. The molecule has 0 aliphatic rings. The van der Waals surface area contributed by atoms with Gasteiger partial charge < -0.3 is 10.2 Å². The normalized spacial score (nSPS) is 5.45. The van der Waals surface area contributed by atoms with Crippen LogP contribution >= 0.6 is 0 Å². The van der Waals surface area contributed by atoms with E-state index in [1.165, 1.54) is 9.45 Å². The molecule has 0 rings (SSSR count). The summed E-state index contributed by atoms with van der Waals surface area (Å²) >= 11 is 0.278. The predicted molar refractivity (Wildman–Crippen MR) is 41.9 cm³/mol. The quantitative estimate of drug-likeness (QED) is 0.363. The Hall–Kier alpha value is 0.114. The van der Waals surface area contributed by atoms with Gasteiger partial charge in [0, 0.05) is 0 Å². The Labute approximate surface area is 78.6 Å². The minimum absolute atomic E-state index is 0.278. The second-order valence-corrected chi connectivity index (χ2v) is 3.29. The van der Waals surface area contributed by atoms with E-state index < -0.39 is 0 Å². The Balaban J connectivity index is -0.000000138. The summed E-state index contributed by atoms with van der Waals surface area (Å²) in [5.41, 5.74) is 0. The van der Waals surface area contributed by atoms with E-state index in [1.54, 1.807) is 0 Å². The van der Waals surface area contributed by atoms with Gasteiger partial charge in [-0.3, -0.25) is 0 Å². The molecular weight excluding hydrogens is 176 g/mol. The van der Waals surface area contributed by atoms with Crippen LogP contribution in [0.3, 0.4) is 0 Å². The maximum Gasteiger partial charge on any atom is -0.153 e. The molecule has 3 heteroatoms. The van der Waals surface area contributed by atoms with Gasteiger partial charge in [-0.15, -0.1) is 0 Å². The molecule has 0 bridgehead atoms. The molecule has 0 fully saturated rings. The van der Waals surface area contributed by atoms with Crippen molar-refractivity contribution in [2.75, 3.05) is 14.2 Å². The Bertz CT molecular complexity index is 57.1. The summed E-state index contributed by atoms with van der Waals surface area (Å²) in [6, 6.07) is 0. The van der Waals surface area contributed by atoms with Crippen molar-refractivity contribution in [3.63, 3.8) is 0 Å². The summed E-state index contributed by atoms with van der Waals surface area (Å²) < 4.78 is 2.48. The number of hydrogen-bond donors (Lipinski definition) is 0. The molecule has 64 valence electrons. The topological polar surface area (TPSA) is 46.1 Å². The molecule has 0 aromatic rings. The van der Waals surface area contributed by atoms with E-state index in [-0.39, 0.29) is 19.2 Å². The molecule has 0 aromatic heterocycles. The third-order valence-corrected chi connectivity index (χ3v) is 2.38. The molecular formula is C8H16O2Ti. The van der Waals surface area contributed by atoms with Crippen LogP contribution in [0.15, 0.2) is 25.3 Å². The molecule has 0 N–H and O–H groups in total. The second kappa shape index (κ2) is 32.1. The molecule has 0 aromatic carbocycles. The van der Waals surface area contributed by atoms with Gasteiger partial charge in [-0.05, 0) is 0 Å². The van der Waals surface area contributed by atoms with Crippen LogP contribution in [0.4, 0.5) is 0 Å². The first-order valence-electron chi connectivity index (χ1n) is 3.16. The summed E-state index contributed by atoms with van der Waals surface area (Å²) in [7, 11) is 1.50. The first-order chi connectivity index (χ1) is 5.41. The van der Waals surface area contributed by atoms with Crippen LogP contribution in [-0.2, 0) is 19.2 Å². The van der Waals surface area contributed by atoms with Crippen molar-refractivity contribution >= 4 is 0 Å². The average molecular weight is 192 g/mol. The van der Waals surface area contributed by atoms with E-state index in [2.05, 4.69) is 13.2 Å². The van der Waals surface area contributed by atoms with Gasteiger partial charge >= 0.3 is 53.9 Å². The molecule has 0 saturated carbocycles. The SMILES string of the molecule is C=C[CH2][Ti+2][CH2]C=C.C[O-].C[O-]. The fourth-order valence-electron chi connectivity index (χ4n) is 0.287. The van der Waals surface area contributed by atoms with Gasteiger partial charge in [0.2, 0.25) is 0 Å². The summed E-state index contributed by atoms with van der Waals surface area (Å²) in [6.07, 6.45) is 3.98. The Morgan fingerprint density at radius 1 is 1.00 bits per heavy atom. The average Bonchev–Trinajstić information content (AvgIpc) is 2.13. The van der Waals surface area contributed by atoms with E-state index >= 15 is 0 Å². The van der Waals surface area contributed by atoms with Crippen LogP contribution < -0.4 is 10.2 Å². The van der Waals surface area contributed by atoms with Crippen LogP contribution in [0.1, 0.15) is 0 Å². The van der Waals surface area contributed by atoms with E-state index in [9.17, 15) is 0 Å². The fourth-order valence-corrected chi connectivity index (χ4v) is 1.19. The fraction of sp³-hybridized carbons (Fsp3) is 0.500. The van der Waals surface area contributed by atoms with Crippen molar-refractivity contribution in [2.24, 2.45) is 0 Å². The van der Waals surface area contributed by atoms with Gasteiger partial charge in [0.15, 0.2) is 0 Å². The van der Waals surface area contributed by atoms with Gasteiger partial charge in [-0.25, -0.2) is 0 Å². The Morgan fingerprint density at radius 2 is 1.27 bits per heavy atom. The van der Waals surface area contributed by atoms with Gasteiger partial charge in [0.05, 0.1) is 0 Å². The van der Waals surface area contributed by atoms with Gasteiger partial charge in [0.1, 0.15) is 0 Å². The van der Waals surface area contributed by atoms with E-state index in [1.807, 2.05) is 12.2 Å². The first-order valence-corrected chi connectivity index (χ1v) is 5.36. The molecule has 0 aliphatic heterocycles. The molecule has 2 nitrogen and oxygen atoms in total. The van der Waals surface area contributed by atoms with Crippen LogP contribution in [0.2, 0.25) is 9.45 Å². The molecule has 0 atom stereocenters. The first kappa shape index (κ1) is 17.3. The third kappa shape index (κ3) is 39.3. The standard InChI is InChI=1S/2C3H5.2CH3O.Ti/c2*1-3-2;2*1-2;/h2*3H,1-2H2;2*1H3;/q;;2*-1;+2. The molecule has 0 amide bonds. The zero-order valence-corrected chi connectivity index (χ0v) is 8.86. The van der Waals surface area contributed by atoms with Gasteiger partial charge in [-0.1, -0.05) is 0 Å². The summed E-state index contributed by atoms with van der Waals surface area (Å²) in [5.74, 6) is 0. The minimum Gasteiger partial charge on any atom is -0.857 e. The molecule has 0 aliphatic carbocycles. The molecule has 11 heavy (non-hydrogen) atoms. The van der Waals surface area contributed by atoms with Crippen molar-refractivity contribution in [1.82, 2.24) is 0 Å². The monoisotopic (exact) mass is 192 g/mol. The summed E-state index contributed by atoms with van der Waals surface area (Å²) in [4.78, 5) is 0. The number of hydrogen-bond acceptors (Lipinski definition) is 2. The zero-order chi connectivity index (χ0) is 9.54.